The van der Waals surface area contributed by atoms with Gasteiger partial charge in [-0.15, -0.1) is 11.8 Å². The molecule has 1 heterocycles. The largest absolute Gasteiger partial charge is 0.465 e. The fraction of sp³-hybridized carbons (Fsp3) is 0.385. The number of Topliss-reactive ketones (excluding diaryl/α,β-unsaturated/α-hetero) is 1. The molecule has 4 heteroatoms. The number of hydrogen-bond acceptors (Lipinski definition) is 4. The van der Waals surface area contributed by atoms with Crippen LogP contribution in [0.3, 0.4) is 0 Å². The van der Waals surface area contributed by atoms with Gasteiger partial charge in [0.2, 0.25) is 0 Å². The molecule has 17 heavy (non-hydrogen) atoms. The van der Waals surface area contributed by atoms with E-state index < -0.39 is 11.9 Å². The number of thioether (sulfide) groups is 1. The molecule has 1 unspecified atom stereocenters. The van der Waals surface area contributed by atoms with Gasteiger partial charge in [-0.1, -0.05) is 18.2 Å². The monoisotopic (exact) mass is 250 g/mol. The number of ketones is 1. The van der Waals surface area contributed by atoms with Crippen molar-refractivity contribution in [1.29, 1.82) is 0 Å². The van der Waals surface area contributed by atoms with Crippen LogP contribution in [0.2, 0.25) is 0 Å². The highest BCUT2D eigenvalue weighted by Crippen LogP contribution is 2.34. The molecule has 0 amide bonds. The van der Waals surface area contributed by atoms with E-state index in [0.29, 0.717) is 13.0 Å². The lowest BCUT2D eigenvalue weighted by Gasteiger charge is -2.14. The normalized spacial score (nSPS) is 19.4. The summed E-state index contributed by atoms with van der Waals surface area (Å²) in [6, 6.07) is 7.56. The van der Waals surface area contributed by atoms with Crippen LogP contribution >= 0.6 is 11.8 Å². The number of carbonyl (C=O) groups excluding carboxylic acids is 2. The minimum Gasteiger partial charge on any atom is -0.465 e. The van der Waals surface area contributed by atoms with Crippen molar-refractivity contribution in [2.24, 2.45) is 0 Å². The standard InChI is InChI=1S/C13H14O3S/c1-2-16-13(15)12-9-5-3-4-6-11(9)17-8-7-10(12)14/h3-6,12H,2,7-8H2,1H3. The summed E-state index contributed by atoms with van der Waals surface area (Å²) < 4.78 is 5.00. The molecule has 0 spiro atoms. The van der Waals surface area contributed by atoms with Crippen molar-refractivity contribution in [2.45, 2.75) is 24.2 Å². The molecule has 0 bridgehead atoms. The van der Waals surface area contributed by atoms with Crippen molar-refractivity contribution >= 4 is 23.5 Å². The molecular weight excluding hydrogens is 236 g/mol. The van der Waals surface area contributed by atoms with Crippen LogP contribution in [0.5, 0.6) is 0 Å². The van der Waals surface area contributed by atoms with E-state index in [2.05, 4.69) is 0 Å². The molecule has 1 aromatic carbocycles. The Morgan fingerprint density at radius 1 is 1.47 bits per heavy atom. The lowest BCUT2D eigenvalue weighted by atomic mass is 9.93. The molecule has 1 aliphatic heterocycles. The van der Waals surface area contributed by atoms with Crippen molar-refractivity contribution in [2.75, 3.05) is 12.4 Å². The van der Waals surface area contributed by atoms with Gasteiger partial charge in [0, 0.05) is 17.1 Å². The van der Waals surface area contributed by atoms with E-state index in [1.165, 1.54) is 0 Å². The molecule has 90 valence electrons. The molecule has 3 nitrogen and oxygen atoms in total. The lowest BCUT2D eigenvalue weighted by molar-refractivity contribution is -0.147. The average molecular weight is 250 g/mol. The van der Waals surface area contributed by atoms with Gasteiger partial charge in [0.05, 0.1) is 6.61 Å². The number of benzene rings is 1. The lowest BCUT2D eigenvalue weighted by Crippen LogP contribution is -2.23. The van der Waals surface area contributed by atoms with Crippen molar-refractivity contribution in [3.63, 3.8) is 0 Å². The zero-order valence-corrected chi connectivity index (χ0v) is 10.5. The topological polar surface area (TPSA) is 43.4 Å². The molecule has 0 saturated carbocycles. The highest BCUT2D eigenvalue weighted by molar-refractivity contribution is 7.99. The van der Waals surface area contributed by atoms with Crippen molar-refractivity contribution in [3.05, 3.63) is 29.8 Å². The first-order valence-corrected chi connectivity index (χ1v) is 6.63. The first kappa shape index (κ1) is 12.2. The van der Waals surface area contributed by atoms with Gasteiger partial charge in [0.1, 0.15) is 5.92 Å². The van der Waals surface area contributed by atoms with E-state index in [1.54, 1.807) is 18.7 Å². The van der Waals surface area contributed by atoms with E-state index in [1.807, 2.05) is 24.3 Å². The van der Waals surface area contributed by atoms with Gasteiger partial charge in [-0.3, -0.25) is 9.59 Å². The minimum absolute atomic E-state index is 0.0408. The van der Waals surface area contributed by atoms with Gasteiger partial charge in [-0.25, -0.2) is 0 Å². The number of esters is 1. The van der Waals surface area contributed by atoms with Gasteiger partial charge in [-0.2, -0.15) is 0 Å². The van der Waals surface area contributed by atoms with E-state index in [0.717, 1.165) is 16.2 Å². The zero-order chi connectivity index (χ0) is 12.3. The van der Waals surface area contributed by atoms with E-state index >= 15 is 0 Å². The Labute approximate surface area is 105 Å². The Hall–Kier alpha value is -1.29. The smallest absolute Gasteiger partial charge is 0.321 e. The van der Waals surface area contributed by atoms with E-state index in [4.69, 9.17) is 4.74 Å². The summed E-state index contributed by atoms with van der Waals surface area (Å²) in [5.41, 5.74) is 0.790. The molecule has 0 fully saturated rings. The quantitative estimate of drug-likeness (QED) is 0.597. The summed E-state index contributed by atoms with van der Waals surface area (Å²) >= 11 is 1.62. The Balaban J connectivity index is 2.40. The summed E-state index contributed by atoms with van der Waals surface area (Å²) in [7, 11) is 0. The van der Waals surface area contributed by atoms with Gasteiger partial charge in [0.25, 0.3) is 0 Å². The van der Waals surface area contributed by atoms with Gasteiger partial charge in [-0.05, 0) is 18.6 Å². The first-order valence-electron chi connectivity index (χ1n) is 5.65. The van der Waals surface area contributed by atoms with Gasteiger partial charge < -0.3 is 4.74 Å². The fourth-order valence-electron chi connectivity index (χ4n) is 1.91. The molecule has 0 aliphatic carbocycles. The number of fused-ring (bicyclic) bond motifs is 1. The van der Waals surface area contributed by atoms with Crippen molar-refractivity contribution in [1.82, 2.24) is 0 Å². The molecule has 1 atom stereocenters. The summed E-state index contributed by atoms with van der Waals surface area (Å²) in [6.07, 6.45) is 0.419. The van der Waals surface area contributed by atoms with Crippen LogP contribution in [0.4, 0.5) is 0 Å². The first-order chi connectivity index (χ1) is 8.24. The second kappa shape index (κ2) is 5.36. The van der Waals surface area contributed by atoms with Crippen LogP contribution in [-0.2, 0) is 14.3 Å². The molecule has 0 saturated heterocycles. The molecule has 1 aliphatic rings. The molecule has 0 N–H and O–H groups in total. The Morgan fingerprint density at radius 3 is 3.00 bits per heavy atom. The van der Waals surface area contributed by atoms with E-state index in [9.17, 15) is 9.59 Å². The molecule has 0 aromatic heterocycles. The van der Waals surface area contributed by atoms with Gasteiger partial charge >= 0.3 is 5.97 Å². The van der Waals surface area contributed by atoms with Crippen molar-refractivity contribution in [3.8, 4) is 0 Å². The summed E-state index contributed by atoms with van der Waals surface area (Å²) in [5.74, 6) is -0.472. The maximum absolute atomic E-state index is 12.0. The average Bonchev–Trinajstić information content (AvgIpc) is 2.47. The van der Waals surface area contributed by atoms with Crippen LogP contribution in [0, 0.1) is 0 Å². The highest BCUT2D eigenvalue weighted by Gasteiger charge is 2.33. The third-order valence-electron chi connectivity index (χ3n) is 2.68. The molecule has 2 rings (SSSR count). The van der Waals surface area contributed by atoms with Crippen LogP contribution in [0.25, 0.3) is 0 Å². The fourth-order valence-corrected chi connectivity index (χ4v) is 2.96. The Bertz CT molecular complexity index is 442. The van der Waals surface area contributed by atoms with Crippen LogP contribution < -0.4 is 0 Å². The van der Waals surface area contributed by atoms with Crippen LogP contribution in [-0.4, -0.2) is 24.1 Å². The number of hydrogen-bond donors (Lipinski definition) is 0. The minimum atomic E-state index is -0.735. The zero-order valence-electron chi connectivity index (χ0n) is 9.64. The highest BCUT2D eigenvalue weighted by atomic mass is 32.2. The molecule has 1 aromatic rings. The van der Waals surface area contributed by atoms with Crippen molar-refractivity contribution < 1.29 is 14.3 Å². The third kappa shape index (κ3) is 2.52. The Kier molecular flexibility index (Phi) is 3.84. The maximum atomic E-state index is 12.0. The number of ether oxygens (including phenoxy) is 1. The third-order valence-corrected chi connectivity index (χ3v) is 3.77. The predicted octanol–water partition coefficient (Wildman–Crippen LogP) is 2.40. The summed E-state index contributed by atoms with van der Waals surface area (Å²) in [6.45, 7) is 2.05. The molecular formula is C13H14O3S. The summed E-state index contributed by atoms with van der Waals surface area (Å²) in [4.78, 5) is 24.9. The van der Waals surface area contributed by atoms with Gasteiger partial charge in [0.15, 0.2) is 5.78 Å². The van der Waals surface area contributed by atoms with Crippen LogP contribution in [0.15, 0.2) is 29.2 Å². The maximum Gasteiger partial charge on any atom is 0.321 e. The second-order valence-corrected chi connectivity index (χ2v) is 4.92. The number of rotatable bonds is 2. The molecule has 0 radical (unpaired) electrons. The van der Waals surface area contributed by atoms with E-state index in [-0.39, 0.29) is 5.78 Å². The Morgan fingerprint density at radius 2 is 2.24 bits per heavy atom. The predicted molar refractivity (Wildman–Crippen MR) is 66.2 cm³/mol. The number of carbonyl (C=O) groups is 2. The summed E-state index contributed by atoms with van der Waals surface area (Å²) in [5, 5.41) is 0. The van der Waals surface area contributed by atoms with Crippen LogP contribution in [0.1, 0.15) is 24.8 Å². The SMILES string of the molecule is CCOC(=O)C1C(=O)CCSc2ccccc21. The second-order valence-electron chi connectivity index (χ2n) is 3.79.